The Balaban J connectivity index is 1.97. The minimum absolute atomic E-state index is 0.0193. The molecule has 208 valence electrons. The molecule has 3 aromatic rings. The molecule has 0 spiro atoms. The van der Waals surface area contributed by atoms with E-state index in [1.807, 2.05) is 6.92 Å². The van der Waals surface area contributed by atoms with E-state index in [4.69, 9.17) is 4.74 Å². The molecule has 0 bridgehead atoms. The zero-order valence-corrected chi connectivity index (χ0v) is 23.2. The average molecular weight is 556 g/mol. The lowest BCUT2D eigenvalue weighted by Gasteiger charge is -2.32. The number of carbonyl (C=O) groups excluding carboxylic acids is 2. The number of unbranched alkanes of at least 4 members (excludes halogenated alkanes) is 1. The molecule has 0 aliphatic rings. The predicted molar refractivity (Wildman–Crippen MR) is 148 cm³/mol. The molecular formula is C29H34FN3O5S. The molecule has 0 aliphatic carbocycles. The van der Waals surface area contributed by atoms with Crippen molar-refractivity contribution in [3.05, 3.63) is 90.2 Å². The molecule has 0 aromatic heterocycles. The third kappa shape index (κ3) is 7.79. The van der Waals surface area contributed by atoms with Crippen molar-refractivity contribution in [2.45, 2.75) is 44.2 Å². The van der Waals surface area contributed by atoms with Gasteiger partial charge in [0.2, 0.25) is 11.8 Å². The molecule has 3 aromatic carbocycles. The lowest BCUT2D eigenvalue weighted by molar-refractivity contribution is -0.139. The lowest BCUT2D eigenvalue weighted by atomic mass is 10.1. The number of amides is 2. The summed E-state index contributed by atoms with van der Waals surface area (Å²) >= 11 is 0. The molecule has 1 N–H and O–H groups in total. The molecule has 0 fully saturated rings. The molecule has 0 unspecified atom stereocenters. The Morgan fingerprint density at radius 3 is 2.21 bits per heavy atom. The second kappa shape index (κ2) is 13.7. The molecule has 8 nitrogen and oxygen atoms in total. The topological polar surface area (TPSA) is 96.0 Å². The van der Waals surface area contributed by atoms with Gasteiger partial charge in [-0.2, -0.15) is 0 Å². The highest BCUT2D eigenvalue weighted by Crippen LogP contribution is 2.25. The maximum Gasteiger partial charge on any atom is 0.264 e. The van der Waals surface area contributed by atoms with E-state index in [-0.39, 0.29) is 23.0 Å². The first-order valence-electron chi connectivity index (χ1n) is 12.7. The molecule has 0 radical (unpaired) electrons. The fourth-order valence-electron chi connectivity index (χ4n) is 3.90. The summed E-state index contributed by atoms with van der Waals surface area (Å²) in [7, 11) is -2.65. The van der Waals surface area contributed by atoms with Crippen LogP contribution in [0.1, 0.15) is 32.3 Å². The molecule has 0 aliphatic heterocycles. The molecule has 0 heterocycles. The third-order valence-corrected chi connectivity index (χ3v) is 8.02. The first-order valence-corrected chi connectivity index (χ1v) is 14.1. The molecule has 3 rings (SSSR count). The van der Waals surface area contributed by atoms with Gasteiger partial charge in [-0.15, -0.1) is 0 Å². The highest BCUT2D eigenvalue weighted by molar-refractivity contribution is 7.92. The third-order valence-electron chi connectivity index (χ3n) is 6.23. The quantitative estimate of drug-likeness (QED) is 0.316. The van der Waals surface area contributed by atoms with Gasteiger partial charge in [-0.1, -0.05) is 43.7 Å². The number of sulfonamides is 1. The second-order valence-electron chi connectivity index (χ2n) is 8.99. The maximum absolute atomic E-state index is 13.8. The number of ether oxygens (including phenoxy) is 1. The van der Waals surface area contributed by atoms with Gasteiger partial charge in [0.15, 0.2) is 0 Å². The summed E-state index contributed by atoms with van der Waals surface area (Å²) in [5.74, 6) is -0.837. The number of halogens is 1. The van der Waals surface area contributed by atoms with Crippen molar-refractivity contribution in [1.29, 1.82) is 0 Å². The van der Waals surface area contributed by atoms with Gasteiger partial charge in [-0.25, -0.2) is 12.8 Å². The van der Waals surface area contributed by atoms with E-state index >= 15 is 0 Å². The summed E-state index contributed by atoms with van der Waals surface area (Å²) < 4.78 is 47.1. The SMILES string of the molecule is CCCCNC(=O)[C@@H](C)N(Cc1ccc(OC)cc1)C(=O)CN(c1ccc(F)cc1)S(=O)(=O)c1ccccc1. The average Bonchev–Trinajstić information content (AvgIpc) is 2.95. The van der Waals surface area contributed by atoms with E-state index < -0.39 is 34.3 Å². The Morgan fingerprint density at radius 2 is 1.62 bits per heavy atom. The zero-order valence-electron chi connectivity index (χ0n) is 22.3. The highest BCUT2D eigenvalue weighted by atomic mass is 32.2. The molecule has 39 heavy (non-hydrogen) atoms. The van der Waals surface area contributed by atoms with Crippen LogP contribution in [0, 0.1) is 5.82 Å². The van der Waals surface area contributed by atoms with Crippen molar-refractivity contribution in [3.8, 4) is 5.75 Å². The van der Waals surface area contributed by atoms with Crippen LogP contribution in [0.25, 0.3) is 0 Å². The van der Waals surface area contributed by atoms with E-state index in [0.717, 1.165) is 34.8 Å². The zero-order chi connectivity index (χ0) is 28.4. The Kier molecular flexibility index (Phi) is 10.4. The fraction of sp³-hybridized carbons (Fsp3) is 0.310. The maximum atomic E-state index is 13.8. The first kappa shape index (κ1) is 29.6. The van der Waals surface area contributed by atoms with Crippen LogP contribution < -0.4 is 14.4 Å². The van der Waals surface area contributed by atoms with Crippen molar-refractivity contribution >= 4 is 27.5 Å². The van der Waals surface area contributed by atoms with Gasteiger partial charge in [-0.05, 0) is 67.4 Å². The van der Waals surface area contributed by atoms with Gasteiger partial charge >= 0.3 is 0 Å². The van der Waals surface area contributed by atoms with Gasteiger partial charge in [0.25, 0.3) is 10.0 Å². The molecule has 10 heteroatoms. The predicted octanol–water partition coefficient (Wildman–Crippen LogP) is 4.36. The van der Waals surface area contributed by atoms with Crippen molar-refractivity contribution in [2.24, 2.45) is 0 Å². The van der Waals surface area contributed by atoms with Crippen molar-refractivity contribution in [1.82, 2.24) is 10.2 Å². The van der Waals surface area contributed by atoms with Crippen molar-refractivity contribution < 1.29 is 27.1 Å². The summed E-state index contributed by atoms with van der Waals surface area (Å²) in [5, 5.41) is 2.84. The van der Waals surface area contributed by atoms with Crippen molar-refractivity contribution in [2.75, 3.05) is 24.5 Å². The van der Waals surface area contributed by atoms with Crippen LogP contribution in [0.2, 0.25) is 0 Å². The van der Waals surface area contributed by atoms with E-state index in [9.17, 15) is 22.4 Å². The summed E-state index contributed by atoms with van der Waals surface area (Å²) in [6, 6.07) is 18.7. The molecule has 2 amide bonds. The first-order chi connectivity index (χ1) is 18.7. The van der Waals surface area contributed by atoms with Gasteiger partial charge < -0.3 is 15.0 Å². The number of nitrogens with one attached hydrogen (secondary N) is 1. The number of rotatable bonds is 13. The van der Waals surface area contributed by atoms with Gasteiger partial charge in [0.1, 0.15) is 24.2 Å². The number of hydrogen-bond donors (Lipinski definition) is 1. The fourth-order valence-corrected chi connectivity index (χ4v) is 5.34. The van der Waals surface area contributed by atoms with Crippen LogP contribution in [-0.2, 0) is 26.2 Å². The molecule has 1 atom stereocenters. The minimum atomic E-state index is -4.19. The van der Waals surface area contributed by atoms with E-state index in [2.05, 4.69) is 5.32 Å². The monoisotopic (exact) mass is 555 g/mol. The Morgan fingerprint density at radius 1 is 0.974 bits per heavy atom. The van der Waals surface area contributed by atoms with Crippen molar-refractivity contribution in [3.63, 3.8) is 0 Å². The Labute approximate surface area is 229 Å². The number of hydrogen-bond acceptors (Lipinski definition) is 5. The van der Waals surface area contributed by atoms with Gasteiger partial charge in [0.05, 0.1) is 17.7 Å². The molecule has 0 saturated heterocycles. The summed E-state index contributed by atoms with van der Waals surface area (Å²) in [6.45, 7) is 3.55. The lowest BCUT2D eigenvalue weighted by Crippen LogP contribution is -2.51. The summed E-state index contributed by atoms with van der Waals surface area (Å²) in [4.78, 5) is 28.1. The second-order valence-corrected chi connectivity index (χ2v) is 10.9. The standard InChI is InChI=1S/C29H34FN3O5S/c1-4-5-19-31-29(35)22(2)32(20-23-11-17-26(38-3)18-12-23)28(34)21-33(25-15-13-24(30)14-16-25)39(36,37)27-9-7-6-8-10-27/h6-18,22H,4-5,19-21H2,1-3H3,(H,31,35)/t22-/m1/s1. The van der Waals surface area contributed by atoms with Crippen LogP contribution in [-0.4, -0.2) is 51.4 Å². The highest BCUT2D eigenvalue weighted by Gasteiger charge is 2.32. The number of benzene rings is 3. The van der Waals surface area contributed by atoms with Crippen LogP contribution >= 0.6 is 0 Å². The molecule has 0 saturated carbocycles. The number of methoxy groups -OCH3 is 1. The Bertz CT molecular complexity index is 1330. The number of carbonyl (C=O) groups is 2. The van der Waals surface area contributed by atoms with E-state index in [1.165, 1.54) is 29.2 Å². The number of nitrogens with zero attached hydrogens (tertiary/aromatic N) is 2. The van der Waals surface area contributed by atoms with Gasteiger partial charge in [0, 0.05) is 13.1 Å². The van der Waals surface area contributed by atoms with E-state index in [0.29, 0.717) is 12.3 Å². The van der Waals surface area contributed by atoms with Crippen LogP contribution in [0.15, 0.2) is 83.8 Å². The largest absolute Gasteiger partial charge is 0.497 e. The smallest absolute Gasteiger partial charge is 0.264 e. The minimum Gasteiger partial charge on any atom is -0.497 e. The normalized spacial score (nSPS) is 11.9. The summed E-state index contributed by atoms with van der Waals surface area (Å²) in [5.41, 5.74) is 0.856. The van der Waals surface area contributed by atoms with Crippen LogP contribution in [0.3, 0.4) is 0 Å². The number of anilines is 1. The van der Waals surface area contributed by atoms with Crippen LogP contribution in [0.5, 0.6) is 5.75 Å². The molecular weight excluding hydrogens is 521 g/mol. The Hall–Kier alpha value is -3.92. The van der Waals surface area contributed by atoms with Crippen LogP contribution in [0.4, 0.5) is 10.1 Å². The van der Waals surface area contributed by atoms with E-state index in [1.54, 1.807) is 56.5 Å². The van der Waals surface area contributed by atoms with Gasteiger partial charge in [-0.3, -0.25) is 13.9 Å². The summed E-state index contributed by atoms with van der Waals surface area (Å²) in [6.07, 6.45) is 1.69.